The van der Waals surface area contributed by atoms with Crippen molar-refractivity contribution in [3.8, 4) is 6.07 Å². The fourth-order valence-electron chi connectivity index (χ4n) is 4.77. The molecular weight excluding hydrogens is 466 g/mol. The molecular formula is C25H30N5O4S+. The first kappa shape index (κ1) is 24.7. The number of likely N-dealkylation sites (tertiary alicyclic amines) is 1. The Hall–Kier alpha value is -3.45. The largest absolute Gasteiger partial charge is 0.344 e. The number of amides is 2. The van der Waals surface area contributed by atoms with Crippen molar-refractivity contribution >= 4 is 32.9 Å². The molecule has 9 nitrogen and oxygen atoms in total. The van der Waals surface area contributed by atoms with Gasteiger partial charge in [-0.25, -0.2) is 18.4 Å². The number of aromatic nitrogens is 2. The number of hydrogen-bond donors (Lipinski definition) is 2. The van der Waals surface area contributed by atoms with Gasteiger partial charge in [-0.2, -0.15) is 5.26 Å². The standard InChI is InChI=1S/C25H29N5O4S/c1-35(33,34)16-23(31)30-11-9-17(10-12-30)19-7-8-22(21(13-19)18-5-3-2-4-6-18)29-25(32)24-27-15-20(14-26)28-24/h5,7-8,13,15,17H,2-4,6,9-12,16H2,1H3,(H,27,28)(H,29,32)/p+1. The average Bonchev–Trinajstić information content (AvgIpc) is 3.34. The lowest BCUT2D eigenvalue weighted by Gasteiger charge is -2.32. The van der Waals surface area contributed by atoms with E-state index in [0.717, 1.165) is 55.9 Å². The second-order valence-electron chi connectivity index (χ2n) is 9.27. The summed E-state index contributed by atoms with van der Waals surface area (Å²) in [5.41, 5.74) is 4.36. The Kier molecular flexibility index (Phi) is 7.36. The number of aromatic amines is 2. The van der Waals surface area contributed by atoms with Crippen LogP contribution in [-0.4, -0.2) is 55.2 Å². The summed E-state index contributed by atoms with van der Waals surface area (Å²) in [6, 6.07) is 8.05. The lowest BCUT2D eigenvalue weighted by molar-refractivity contribution is -0.379. The number of rotatable bonds is 6. The van der Waals surface area contributed by atoms with Gasteiger partial charge in [0.25, 0.3) is 0 Å². The number of imidazole rings is 1. The summed E-state index contributed by atoms with van der Waals surface area (Å²) in [5.74, 6) is -0.675. The molecule has 0 unspecified atom stereocenters. The van der Waals surface area contributed by atoms with Crippen molar-refractivity contribution in [2.24, 2.45) is 0 Å². The summed E-state index contributed by atoms with van der Waals surface area (Å²) in [6.07, 6.45) is 10.5. The minimum atomic E-state index is -3.34. The van der Waals surface area contributed by atoms with E-state index >= 15 is 0 Å². The summed E-state index contributed by atoms with van der Waals surface area (Å²) >= 11 is 0. The topological polar surface area (TPSA) is 137 Å². The van der Waals surface area contributed by atoms with Gasteiger partial charge >= 0.3 is 11.7 Å². The van der Waals surface area contributed by atoms with Gasteiger partial charge in [-0.05, 0) is 67.7 Å². The Bertz CT molecular complexity index is 1300. The van der Waals surface area contributed by atoms with E-state index in [4.69, 9.17) is 5.26 Å². The zero-order valence-electron chi connectivity index (χ0n) is 19.8. The molecule has 184 valence electrons. The third-order valence-electron chi connectivity index (χ3n) is 6.60. The Morgan fingerprint density at radius 3 is 2.66 bits per heavy atom. The van der Waals surface area contributed by atoms with Gasteiger partial charge in [0.05, 0.1) is 0 Å². The van der Waals surface area contributed by atoms with Crippen LogP contribution in [0.5, 0.6) is 0 Å². The molecule has 1 aromatic carbocycles. The van der Waals surface area contributed by atoms with Crippen molar-refractivity contribution in [3.63, 3.8) is 0 Å². The number of nitrogens with one attached hydrogen (secondary N) is 3. The summed E-state index contributed by atoms with van der Waals surface area (Å²) < 4.78 is 22.9. The lowest BCUT2D eigenvalue weighted by Crippen LogP contribution is -2.40. The van der Waals surface area contributed by atoms with Crippen LogP contribution in [0.3, 0.4) is 0 Å². The van der Waals surface area contributed by atoms with Crippen LogP contribution in [-0.2, 0) is 14.6 Å². The van der Waals surface area contributed by atoms with Gasteiger partial charge in [0.2, 0.25) is 11.6 Å². The summed E-state index contributed by atoms with van der Waals surface area (Å²) in [5, 5.41) is 12.0. The molecule has 0 saturated carbocycles. The van der Waals surface area contributed by atoms with E-state index in [0.29, 0.717) is 18.8 Å². The number of allylic oxidation sites excluding steroid dienone is 2. The molecule has 10 heteroatoms. The molecule has 2 heterocycles. The quantitative estimate of drug-likeness (QED) is 0.633. The number of sulfone groups is 1. The van der Waals surface area contributed by atoms with E-state index in [2.05, 4.69) is 27.4 Å². The zero-order valence-corrected chi connectivity index (χ0v) is 20.6. The molecule has 1 aliphatic carbocycles. The highest BCUT2D eigenvalue weighted by molar-refractivity contribution is 7.91. The molecule has 0 radical (unpaired) electrons. The van der Waals surface area contributed by atoms with Crippen molar-refractivity contribution in [2.75, 3.05) is 30.4 Å². The van der Waals surface area contributed by atoms with Crippen LogP contribution in [0.1, 0.15) is 71.9 Å². The Morgan fingerprint density at radius 1 is 1.26 bits per heavy atom. The smallest absolute Gasteiger partial charge is 0.342 e. The third-order valence-corrected chi connectivity index (χ3v) is 7.37. The molecule has 35 heavy (non-hydrogen) atoms. The molecule has 2 aliphatic rings. The van der Waals surface area contributed by atoms with Gasteiger partial charge in [0.1, 0.15) is 18.0 Å². The first-order valence-electron chi connectivity index (χ1n) is 11.8. The molecule has 4 rings (SSSR count). The molecule has 0 spiro atoms. The predicted molar refractivity (Wildman–Crippen MR) is 131 cm³/mol. The van der Waals surface area contributed by atoms with E-state index in [1.54, 1.807) is 4.90 Å². The van der Waals surface area contributed by atoms with Crippen LogP contribution in [0.25, 0.3) is 5.57 Å². The zero-order chi connectivity index (χ0) is 25.0. The fourth-order valence-corrected chi connectivity index (χ4v) is 5.40. The first-order chi connectivity index (χ1) is 16.7. The van der Waals surface area contributed by atoms with Crippen molar-refractivity contribution in [3.05, 3.63) is 53.1 Å². The van der Waals surface area contributed by atoms with Crippen molar-refractivity contribution in [1.29, 1.82) is 5.26 Å². The second-order valence-corrected chi connectivity index (χ2v) is 11.4. The van der Waals surface area contributed by atoms with Crippen molar-refractivity contribution < 1.29 is 23.0 Å². The first-order valence-corrected chi connectivity index (χ1v) is 13.9. The lowest BCUT2D eigenvalue weighted by atomic mass is 9.85. The van der Waals surface area contributed by atoms with Crippen LogP contribution in [0.2, 0.25) is 0 Å². The van der Waals surface area contributed by atoms with E-state index in [1.165, 1.54) is 11.8 Å². The third kappa shape index (κ3) is 6.17. The van der Waals surface area contributed by atoms with Crippen LogP contribution in [0, 0.1) is 11.3 Å². The van der Waals surface area contributed by atoms with Gasteiger partial charge < -0.3 is 10.2 Å². The van der Waals surface area contributed by atoms with E-state index in [1.807, 2.05) is 18.2 Å². The maximum Gasteiger partial charge on any atom is 0.344 e. The predicted octanol–water partition coefficient (Wildman–Crippen LogP) is 2.66. The maximum atomic E-state index is 12.8. The number of hydrogen-bond acceptors (Lipinski definition) is 5. The summed E-state index contributed by atoms with van der Waals surface area (Å²) in [4.78, 5) is 32.2. The minimum absolute atomic E-state index is 0.209. The molecule has 1 aromatic heterocycles. The molecule has 3 N–H and O–H groups in total. The molecule has 0 atom stereocenters. The van der Waals surface area contributed by atoms with Gasteiger partial charge in [0.15, 0.2) is 9.84 Å². The van der Waals surface area contributed by atoms with E-state index in [-0.39, 0.29) is 29.3 Å². The summed E-state index contributed by atoms with van der Waals surface area (Å²) in [6.45, 7) is 1.05. The monoisotopic (exact) mass is 496 g/mol. The minimum Gasteiger partial charge on any atom is -0.342 e. The van der Waals surface area contributed by atoms with Crippen molar-refractivity contribution in [1.82, 2.24) is 9.88 Å². The molecule has 0 bridgehead atoms. The van der Waals surface area contributed by atoms with Crippen LogP contribution in [0.15, 0.2) is 30.5 Å². The highest BCUT2D eigenvalue weighted by Crippen LogP contribution is 2.36. The van der Waals surface area contributed by atoms with Gasteiger partial charge in [-0.15, -0.1) is 0 Å². The number of piperidine rings is 1. The molecule has 2 amide bonds. The normalized spacial score (nSPS) is 16.9. The number of benzene rings is 1. The van der Waals surface area contributed by atoms with E-state index in [9.17, 15) is 18.0 Å². The Labute approximate surface area is 205 Å². The Morgan fingerprint density at radius 2 is 2.03 bits per heavy atom. The van der Waals surface area contributed by atoms with Crippen LogP contribution in [0.4, 0.5) is 5.69 Å². The SMILES string of the molecule is CS(=O)(=O)CC(=O)N1CCC(c2ccc(NC(=O)c3[nH]c(C#N)c[nH+]3)c(C3=CCCCC3)c2)CC1. The van der Waals surface area contributed by atoms with Gasteiger partial charge in [0, 0.05) is 30.6 Å². The summed E-state index contributed by atoms with van der Waals surface area (Å²) in [7, 11) is -3.34. The molecule has 1 fully saturated rings. The van der Waals surface area contributed by atoms with Gasteiger partial charge in [-0.3, -0.25) is 9.59 Å². The Balaban J connectivity index is 1.53. The number of carbonyl (C=O) groups is 2. The number of H-pyrrole nitrogens is 2. The van der Waals surface area contributed by atoms with Gasteiger partial charge in [-0.1, -0.05) is 12.1 Å². The maximum absolute atomic E-state index is 12.8. The van der Waals surface area contributed by atoms with Crippen LogP contribution >= 0.6 is 0 Å². The fraction of sp³-hybridized carbons (Fsp3) is 0.440. The number of anilines is 1. The van der Waals surface area contributed by atoms with E-state index < -0.39 is 15.6 Å². The highest BCUT2D eigenvalue weighted by atomic mass is 32.2. The molecule has 2 aromatic rings. The van der Waals surface area contributed by atoms with Crippen LogP contribution < -0.4 is 10.3 Å². The second kappa shape index (κ2) is 10.4. The molecule has 1 aliphatic heterocycles. The molecule has 1 saturated heterocycles. The number of nitrogens with zero attached hydrogens (tertiary/aromatic N) is 2. The number of nitriles is 1. The number of carbonyl (C=O) groups excluding carboxylic acids is 2. The van der Waals surface area contributed by atoms with Crippen molar-refractivity contribution in [2.45, 2.75) is 44.4 Å². The highest BCUT2D eigenvalue weighted by Gasteiger charge is 2.27. The average molecular weight is 497 g/mol.